The van der Waals surface area contributed by atoms with Crippen molar-refractivity contribution in [2.45, 2.75) is 37.8 Å². The van der Waals surface area contributed by atoms with Crippen molar-refractivity contribution in [1.82, 2.24) is 14.9 Å². The van der Waals surface area contributed by atoms with Crippen molar-refractivity contribution in [3.63, 3.8) is 0 Å². The molecule has 34 heavy (non-hydrogen) atoms. The number of halogens is 1. The zero-order valence-corrected chi connectivity index (χ0v) is 20.4. The second-order valence-electron chi connectivity index (χ2n) is 8.80. The first-order chi connectivity index (χ1) is 16.0. The zero-order chi connectivity index (χ0) is 23.1. The summed E-state index contributed by atoms with van der Waals surface area (Å²) in [6, 6.07) is 9.70. The number of methoxy groups -OCH3 is 3. The molecule has 8 nitrogen and oxygen atoms in total. The van der Waals surface area contributed by atoms with Crippen LogP contribution < -0.4 is 30.8 Å². The number of hydrogen-bond acceptors (Lipinski definition) is 6. The van der Waals surface area contributed by atoms with Gasteiger partial charge in [-0.05, 0) is 55.0 Å². The molecule has 5 rings (SSSR count). The SMILES string of the molecule is COc1cc2[nH]c(=O)n(CCC3NCC4CCc5c(OC)cccc5C43)c(=O)c2cc1OC.Cl. The van der Waals surface area contributed by atoms with Crippen LogP contribution in [0.3, 0.4) is 0 Å². The molecule has 9 heteroatoms. The molecule has 3 atom stereocenters. The molecule has 0 amide bonds. The van der Waals surface area contributed by atoms with Gasteiger partial charge < -0.3 is 24.5 Å². The minimum Gasteiger partial charge on any atom is -0.496 e. The van der Waals surface area contributed by atoms with E-state index in [-0.39, 0.29) is 24.0 Å². The van der Waals surface area contributed by atoms with Gasteiger partial charge in [0.2, 0.25) is 0 Å². The molecule has 2 heterocycles. The largest absolute Gasteiger partial charge is 0.496 e. The topological polar surface area (TPSA) is 94.6 Å². The fourth-order valence-corrected chi connectivity index (χ4v) is 5.65. The first-order valence-electron chi connectivity index (χ1n) is 11.3. The lowest BCUT2D eigenvalue weighted by atomic mass is 9.73. The Morgan fingerprint density at radius 2 is 1.76 bits per heavy atom. The van der Waals surface area contributed by atoms with E-state index in [1.807, 2.05) is 6.07 Å². The molecule has 1 fully saturated rings. The van der Waals surface area contributed by atoms with E-state index in [0.29, 0.717) is 47.2 Å². The number of nitrogens with zero attached hydrogens (tertiary/aromatic N) is 1. The fraction of sp³-hybridized carbons (Fsp3) is 0.440. The van der Waals surface area contributed by atoms with E-state index in [4.69, 9.17) is 14.2 Å². The summed E-state index contributed by atoms with van der Waals surface area (Å²) in [7, 11) is 4.76. The fourth-order valence-electron chi connectivity index (χ4n) is 5.65. The van der Waals surface area contributed by atoms with Crippen molar-refractivity contribution < 1.29 is 14.2 Å². The van der Waals surface area contributed by atoms with E-state index in [2.05, 4.69) is 22.4 Å². The minimum absolute atomic E-state index is 0. The van der Waals surface area contributed by atoms with Crippen molar-refractivity contribution in [2.24, 2.45) is 5.92 Å². The highest BCUT2D eigenvalue weighted by molar-refractivity contribution is 5.85. The van der Waals surface area contributed by atoms with Crippen LogP contribution in [0.1, 0.15) is 29.9 Å². The minimum atomic E-state index is -0.417. The number of ether oxygens (including phenoxy) is 3. The molecule has 2 N–H and O–H groups in total. The quantitative estimate of drug-likeness (QED) is 0.555. The lowest BCUT2D eigenvalue weighted by Gasteiger charge is -2.32. The van der Waals surface area contributed by atoms with Gasteiger partial charge in [-0.25, -0.2) is 4.79 Å². The Hall–Kier alpha value is -2.97. The molecule has 1 saturated heterocycles. The van der Waals surface area contributed by atoms with Gasteiger partial charge in [-0.1, -0.05) is 12.1 Å². The molecule has 0 bridgehead atoms. The van der Waals surface area contributed by atoms with Crippen molar-refractivity contribution in [3.05, 3.63) is 62.3 Å². The van der Waals surface area contributed by atoms with Gasteiger partial charge in [0.15, 0.2) is 11.5 Å². The van der Waals surface area contributed by atoms with Crippen LogP contribution in [0.5, 0.6) is 17.2 Å². The van der Waals surface area contributed by atoms with E-state index < -0.39 is 5.69 Å². The molecule has 0 saturated carbocycles. The molecule has 3 aromatic rings. The summed E-state index contributed by atoms with van der Waals surface area (Å²) < 4.78 is 17.5. The van der Waals surface area contributed by atoms with Gasteiger partial charge in [0.1, 0.15) is 5.75 Å². The Kier molecular flexibility index (Phi) is 6.91. The van der Waals surface area contributed by atoms with Crippen molar-refractivity contribution in [2.75, 3.05) is 27.9 Å². The lowest BCUT2D eigenvalue weighted by molar-refractivity contribution is 0.355. The average Bonchev–Trinajstić information content (AvgIpc) is 3.26. The predicted octanol–water partition coefficient (Wildman–Crippen LogP) is 2.85. The van der Waals surface area contributed by atoms with E-state index in [1.54, 1.807) is 19.2 Å². The van der Waals surface area contributed by atoms with Gasteiger partial charge in [-0.15, -0.1) is 12.4 Å². The monoisotopic (exact) mass is 487 g/mol. The normalized spacial score (nSPS) is 20.9. The van der Waals surface area contributed by atoms with Gasteiger partial charge in [0, 0.05) is 24.6 Å². The third-order valence-corrected chi connectivity index (χ3v) is 7.25. The van der Waals surface area contributed by atoms with Gasteiger partial charge in [-0.3, -0.25) is 9.36 Å². The number of hydrogen-bond donors (Lipinski definition) is 2. The standard InChI is InChI=1S/C25H29N3O5.ClH/c1-31-20-6-4-5-16-15(20)8-7-14-13-26-18(23(14)16)9-10-28-24(29)17-11-21(32-2)22(33-3)12-19(17)27-25(28)30;/h4-6,11-12,14,18,23,26H,7-10,13H2,1-3H3,(H,27,30);1H. The van der Waals surface area contributed by atoms with Crippen molar-refractivity contribution in [3.8, 4) is 17.2 Å². The van der Waals surface area contributed by atoms with Crippen LogP contribution in [0, 0.1) is 5.92 Å². The first kappa shape index (κ1) is 24.2. The van der Waals surface area contributed by atoms with Crippen LogP contribution in [0.15, 0.2) is 39.9 Å². The Balaban J connectivity index is 0.00000274. The van der Waals surface area contributed by atoms with E-state index in [9.17, 15) is 9.59 Å². The molecule has 1 aromatic heterocycles. The summed E-state index contributed by atoms with van der Waals surface area (Å²) in [4.78, 5) is 28.8. The van der Waals surface area contributed by atoms with Crippen LogP contribution in [-0.4, -0.2) is 43.5 Å². The second kappa shape index (κ2) is 9.72. The van der Waals surface area contributed by atoms with Gasteiger partial charge in [0.05, 0.1) is 32.2 Å². The lowest BCUT2D eigenvalue weighted by Crippen LogP contribution is -2.38. The molecule has 182 valence electrons. The number of rotatable bonds is 6. The Labute approximate surface area is 203 Å². The summed E-state index contributed by atoms with van der Waals surface area (Å²) >= 11 is 0. The van der Waals surface area contributed by atoms with Gasteiger partial charge in [0.25, 0.3) is 5.56 Å². The molecule has 0 spiro atoms. The Morgan fingerprint density at radius 3 is 2.50 bits per heavy atom. The molecule has 2 aromatic carbocycles. The summed E-state index contributed by atoms with van der Waals surface area (Å²) in [5.41, 5.74) is 2.31. The van der Waals surface area contributed by atoms with Crippen LogP contribution in [0.4, 0.5) is 0 Å². The summed E-state index contributed by atoms with van der Waals surface area (Å²) in [6.45, 7) is 1.28. The Morgan fingerprint density at radius 1 is 1.03 bits per heavy atom. The highest BCUT2D eigenvalue weighted by Crippen LogP contribution is 2.45. The van der Waals surface area contributed by atoms with Crippen molar-refractivity contribution in [1.29, 1.82) is 0 Å². The van der Waals surface area contributed by atoms with E-state index in [1.165, 1.54) is 29.9 Å². The number of nitrogens with one attached hydrogen (secondary N) is 2. The van der Waals surface area contributed by atoms with Crippen LogP contribution in [0.25, 0.3) is 10.9 Å². The molecular formula is C25H30ClN3O5. The van der Waals surface area contributed by atoms with Crippen LogP contribution in [0.2, 0.25) is 0 Å². The average molecular weight is 488 g/mol. The number of benzene rings is 2. The molecule has 0 radical (unpaired) electrons. The second-order valence-corrected chi connectivity index (χ2v) is 8.80. The molecule has 1 aliphatic carbocycles. The van der Waals surface area contributed by atoms with Gasteiger partial charge >= 0.3 is 5.69 Å². The van der Waals surface area contributed by atoms with E-state index in [0.717, 1.165) is 25.1 Å². The molecule has 1 aliphatic heterocycles. The maximum atomic E-state index is 13.2. The number of aromatic amines is 1. The molecular weight excluding hydrogens is 458 g/mol. The first-order valence-corrected chi connectivity index (χ1v) is 11.3. The van der Waals surface area contributed by atoms with Crippen molar-refractivity contribution >= 4 is 23.3 Å². The maximum absolute atomic E-state index is 13.2. The number of fused-ring (bicyclic) bond motifs is 4. The summed E-state index contributed by atoms with van der Waals surface area (Å²) in [6.07, 6.45) is 2.81. The summed E-state index contributed by atoms with van der Waals surface area (Å²) in [5.74, 6) is 2.77. The third-order valence-electron chi connectivity index (χ3n) is 7.25. The summed E-state index contributed by atoms with van der Waals surface area (Å²) in [5, 5.41) is 4.05. The number of H-pyrrole nitrogens is 1. The maximum Gasteiger partial charge on any atom is 0.328 e. The van der Waals surface area contributed by atoms with Crippen LogP contribution >= 0.6 is 12.4 Å². The highest BCUT2D eigenvalue weighted by Gasteiger charge is 2.40. The Bertz CT molecular complexity index is 1320. The third kappa shape index (κ3) is 3.95. The number of aromatic nitrogens is 2. The smallest absolute Gasteiger partial charge is 0.328 e. The highest BCUT2D eigenvalue weighted by atomic mass is 35.5. The van der Waals surface area contributed by atoms with E-state index >= 15 is 0 Å². The molecule has 3 unspecified atom stereocenters. The van der Waals surface area contributed by atoms with Crippen LogP contribution in [-0.2, 0) is 13.0 Å². The van der Waals surface area contributed by atoms with Gasteiger partial charge in [-0.2, -0.15) is 0 Å². The predicted molar refractivity (Wildman–Crippen MR) is 133 cm³/mol. The molecule has 2 aliphatic rings. The zero-order valence-electron chi connectivity index (χ0n) is 19.6.